The number of carbonyl (C=O) groups excluding carboxylic acids is 1. The lowest BCUT2D eigenvalue weighted by atomic mass is 9.89. The van der Waals surface area contributed by atoms with Crippen molar-refractivity contribution in [3.63, 3.8) is 0 Å². The van der Waals surface area contributed by atoms with Crippen molar-refractivity contribution in [3.8, 4) is 0 Å². The van der Waals surface area contributed by atoms with Crippen LogP contribution in [0.3, 0.4) is 0 Å². The van der Waals surface area contributed by atoms with Gasteiger partial charge < -0.3 is 11.1 Å². The number of halogens is 2. The van der Waals surface area contributed by atoms with Crippen LogP contribution in [0.1, 0.15) is 44.2 Å². The molecule has 1 amide bonds. The highest BCUT2D eigenvalue weighted by Crippen LogP contribution is 2.50. The van der Waals surface area contributed by atoms with Gasteiger partial charge in [0.25, 0.3) is 11.5 Å². The molecule has 2 atom stereocenters. The number of anilines is 1. The van der Waals surface area contributed by atoms with E-state index in [4.69, 9.17) is 17.3 Å². The quantitative estimate of drug-likeness (QED) is 0.648. The van der Waals surface area contributed by atoms with E-state index in [1.165, 1.54) is 16.9 Å². The SMILES string of the molecule is CC(c1cc(Cl)n[nH]c1=O)n1cc(NC(=O)[C@@H](N)C(C2CC2)C2CC2)c(F)n1. The van der Waals surface area contributed by atoms with Crippen molar-refractivity contribution in [2.75, 3.05) is 5.32 Å². The zero-order chi connectivity index (χ0) is 20.0. The van der Waals surface area contributed by atoms with Gasteiger partial charge in [0.15, 0.2) is 0 Å². The number of hydrogen-bond donors (Lipinski definition) is 3. The molecular weight excluding hydrogens is 387 g/mol. The van der Waals surface area contributed by atoms with Gasteiger partial charge in [-0.2, -0.15) is 9.49 Å². The maximum atomic E-state index is 14.3. The summed E-state index contributed by atoms with van der Waals surface area (Å²) in [7, 11) is 0. The number of rotatable bonds is 7. The standard InChI is InChI=1S/C18H22ClFN6O2/c1-8(11-6-13(19)23-24-17(11)27)26-7-12(16(20)25-26)22-18(28)15(21)14(9-2-3-9)10-4-5-10/h6-10,14-15H,2-5,21H2,1H3,(H,22,28)(H,24,27)/t8?,15-/m0/s1. The lowest BCUT2D eigenvalue weighted by Crippen LogP contribution is -2.43. The van der Waals surface area contributed by atoms with E-state index in [-0.39, 0.29) is 22.3 Å². The van der Waals surface area contributed by atoms with Gasteiger partial charge >= 0.3 is 0 Å². The Labute approximate surface area is 165 Å². The zero-order valence-corrected chi connectivity index (χ0v) is 16.1. The van der Waals surface area contributed by atoms with E-state index in [0.717, 1.165) is 25.7 Å². The first-order chi connectivity index (χ1) is 13.3. The second-order valence-corrected chi connectivity index (χ2v) is 8.12. The maximum absolute atomic E-state index is 14.3. The summed E-state index contributed by atoms with van der Waals surface area (Å²) in [6, 6.07) is 0.125. The number of carbonyl (C=O) groups is 1. The molecular formula is C18H22ClFN6O2. The van der Waals surface area contributed by atoms with Crippen LogP contribution >= 0.6 is 11.6 Å². The smallest absolute Gasteiger partial charge is 0.269 e. The number of hydrogen-bond acceptors (Lipinski definition) is 5. The van der Waals surface area contributed by atoms with E-state index in [9.17, 15) is 14.0 Å². The van der Waals surface area contributed by atoms with Crippen molar-refractivity contribution in [2.45, 2.75) is 44.7 Å². The number of amides is 1. The Morgan fingerprint density at radius 2 is 2.04 bits per heavy atom. The number of nitrogens with two attached hydrogens (primary N) is 1. The Kier molecular flexibility index (Phi) is 4.96. The molecule has 2 aliphatic rings. The third kappa shape index (κ3) is 3.81. The molecule has 2 aromatic heterocycles. The molecule has 28 heavy (non-hydrogen) atoms. The third-order valence-electron chi connectivity index (χ3n) is 5.64. The maximum Gasteiger partial charge on any atom is 0.269 e. The van der Waals surface area contributed by atoms with Crippen molar-refractivity contribution in [1.82, 2.24) is 20.0 Å². The number of H-pyrrole nitrogens is 1. The summed E-state index contributed by atoms with van der Waals surface area (Å²) in [5.74, 6) is -0.0688. The van der Waals surface area contributed by atoms with Crippen molar-refractivity contribution >= 4 is 23.2 Å². The van der Waals surface area contributed by atoms with E-state index < -0.39 is 29.5 Å². The fourth-order valence-corrected chi connectivity index (χ4v) is 3.98. The van der Waals surface area contributed by atoms with Crippen LogP contribution in [-0.4, -0.2) is 31.9 Å². The molecule has 10 heteroatoms. The summed E-state index contributed by atoms with van der Waals surface area (Å²) in [6.07, 6.45) is 5.77. The van der Waals surface area contributed by atoms with Gasteiger partial charge in [-0.05, 0) is 56.4 Å². The Balaban J connectivity index is 1.50. The third-order valence-corrected chi connectivity index (χ3v) is 5.84. The van der Waals surface area contributed by atoms with Gasteiger partial charge in [-0.1, -0.05) is 11.6 Å². The van der Waals surface area contributed by atoms with Crippen LogP contribution in [0.5, 0.6) is 0 Å². The van der Waals surface area contributed by atoms with E-state index in [2.05, 4.69) is 20.6 Å². The predicted octanol–water partition coefficient (Wildman–Crippen LogP) is 2.07. The minimum atomic E-state index is -0.835. The van der Waals surface area contributed by atoms with Crippen LogP contribution in [0.4, 0.5) is 10.1 Å². The Morgan fingerprint density at radius 1 is 1.39 bits per heavy atom. The first kappa shape index (κ1) is 19.1. The molecule has 0 radical (unpaired) electrons. The first-order valence-electron chi connectivity index (χ1n) is 9.41. The summed E-state index contributed by atoms with van der Waals surface area (Å²) < 4.78 is 15.6. The first-order valence-corrected chi connectivity index (χ1v) is 9.79. The monoisotopic (exact) mass is 408 g/mol. The average molecular weight is 409 g/mol. The normalized spacial score (nSPS) is 18.9. The molecule has 2 heterocycles. The van der Waals surface area contributed by atoms with Gasteiger partial charge in [-0.15, -0.1) is 5.10 Å². The molecule has 4 N–H and O–H groups in total. The van der Waals surface area contributed by atoms with Crippen molar-refractivity contribution < 1.29 is 9.18 Å². The Hall–Kier alpha value is -2.26. The van der Waals surface area contributed by atoms with Crippen LogP contribution in [0.15, 0.2) is 17.1 Å². The van der Waals surface area contributed by atoms with Gasteiger partial charge in [0.2, 0.25) is 5.91 Å². The number of aromatic nitrogens is 4. The molecule has 0 aromatic carbocycles. The molecule has 1 unspecified atom stereocenters. The molecule has 4 rings (SSSR count). The average Bonchev–Trinajstić information content (AvgIpc) is 3.58. The largest absolute Gasteiger partial charge is 0.320 e. The Bertz CT molecular complexity index is 940. The van der Waals surface area contributed by atoms with Gasteiger partial charge in [0.1, 0.15) is 10.8 Å². The molecule has 8 nitrogen and oxygen atoms in total. The van der Waals surface area contributed by atoms with Crippen LogP contribution in [0.25, 0.3) is 0 Å². The molecule has 0 bridgehead atoms. The lowest BCUT2D eigenvalue weighted by molar-refractivity contribution is -0.118. The molecule has 2 saturated carbocycles. The van der Waals surface area contributed by atoms with Crippen LogP contribution in [0.2, 0.25) is 5.15 Å². The number of nitrogens with one attached hydrogen (secondary N) is 2. The van der Waals surface area contributed by atoms with Gasteiger partial charge in [0.05, 0.1) is 18.3 Å². The molecule has 0 spiro atoms. The van der Waals surface area contributed by atoms with E-state index >= 15 is 0 Å². The molecule has 150 valence electrons. The highest BCUT2D eigenvalue weighted by atomic mass is 35.5. The van der Waals surface area contributed by atoms with E-state index in [0.29, 0.717) is 11.8 Å². The highest BCUT2D eigenvalue weighted by Gasteiger charge is 2.46. The summed E-state index contributed by atoms with van der Waals surface area (Å²) in [6.45, 7) is 1.67. The number of nitrogens with zero attached hydrogens (tertiary/aromatic N) is 3. The molecule has 2 aliphatic carbocycles. The minimum absolute atomic E-state index is 0.0609. The van der Waals surface area contributed by atoms with Crippen LogP contribution < -0.4 is 16.6 Å². The lowest BCUT2D eigenvalue weighted by Gasteiger charge is -2.22. The summed E-state index contributed by atoms with van der Waals surface area (Å²) in [5, 5.41) is 12.3. The topological polar surface area (TPSA) is 119 Å². The highest BCUT2D eigenvalue weighted by molar-refractivity contribution is 6.29. The van der Waals surface area contributed by atoms with Crippen molar-refractivity contribution in [1.29, 1.82) is 0 Å². The van der Waals surface area contributed by atoms with Gasteiger partial charge in [-0.25, -0.2) is 5.10 Å². The van der Waals surface area contributed by atoms with Crippen molar-refractivity contribution in [3.05, 3.63) is 39.3 Å². The van der Waals surface area contributed by atoms with Gasteiger partial charge in [-0.3, -0.25) is 14.3 Å². The Morgan fingerprint density at radius 3 is 2.64 bits per heavy atom. The van der Waals surface area contributed by atoms with Crippen LogP contribution in [-0.2, 0) is 4.79 Å². The second-order valence-electron chi connectivity index (χ2n) is 7.73. The molecule has 2 fully saturated rings. The number of aromatic amines is 1. The fourth-order valence-electron chi connectivity index (χ4n) is 3.82. The summed E-state index contributed by atoms with van der Waals surface area (Å²) >= 11 is 5.82. The summed E-state index contributed by atoms with van der Waals surface area (Å²) in [4.78, 5) is 24.6. The van der Waals surface area contributed by atoms with Crippen molar-refractivity contribution in [2.24, 2.45) is 23.5 Å². The second kappa shape index (κ2) is 7.29. The molecule has 0 saturated heterocycles. The fraction of sp³-hybridized carbons (Fsp3) is 0.556. The summed E-state index contributed by atoms with van der Waals surface area (Å²) in [5.41, 5.74) is 5.98. The van der Waals surface area contributed by atoms with E-state index in [1.54, 1.807) is 6.92 Å². The van der Waals surface area contributed by atoms with Gasteiger partial charge in [0, 0.05) is 5.56 Å². The molecule has 0 aliphatic heterocycles. The molecule has 2 aromatic rings. The minimum Gasteiger partial charge on any atom is -0.320 e. The zero-order valence-electron chi connectivity index (χ0n) is 15.4. The van der Waals surface area contributed by atoms with Crippen LogP contribution in [0, 0.1) is 23.7 Å². The predicted molar refractivity (Wildman–Crippen MR) is 101 cm³/mol. The van der Waals surface area contributed by atoms with E-state index in [1.807, 2.05) is 0 Å².